The first-order valence-electron chi connectivity index (χ1n) is 11.5. The lowest BCUT2D eigenvalue weighted by molar-refractivity contribution is -0.194. The normalized spacial score (nSPS) is 25.4. The lowest BCUT2D eigenvalue weighted by atomic mass is 10.1. The minimum Gasteiger partial charge on any atom is -0.443 e. The average Bonchev–Trinajstić information content (AvgIpc) is 3.36. The highest BCUT2D eigenvalue weighted by atomic mass is 16.8. The van der Waals surface area contributed by atoms with Crippen LogP contribution in [0.15, 0.2) is 12.7 Å². The number of aromatic nitrogens is 4. The zero-order valence-electron chi connectivity index (χ0n) is 21.5. The molecule has 0 N–H and O–H groups in total. The molecule has 2 aliphatic heterocycles. The summed E-state index contributed by atoms with van der Waals surface area (Å²) in [5, 5.41) is 0. The summed E-state index contributed by atoms with van der Waals surface area (Å²) in [6, 6.07) is 0. The van der Waals surface area contributed by atoms with Gasteiger partial charge in [-0.2, -0.15) is 4.90 Å². The van der Waals surface area contributed by atoms with Gasteiger partial charge in [0.15, 0.2) is 35.3 Å². The number of imide groups is 1. The van der Waals surface area contributed by atoms with E-state index in [0.29, 0.717) is 11.2 Å². The first kappa shape index (κ1) is 25.9. The van der Waals surface area contributed by atoms with Gasteiger partial charge in [-0.1, -0.05) is 0 Å². The average molecular weight is 506 g/mol. The quantitative estimate of drug-likeness (QED) is 0.567. The minimum absolute atomic E-state index is 0.113. The van der Waals surface area contributed by atoms with E-state index < -0.39 is 53.7 Å². The molecule has 4 heterocycles. The highest BCUT2D eigenvalue weighted by molar-refractivity contribution is 6.12. The predicted octanol–water partition coefficient (Wildman–Crippen LogP) is 3.12. The largest absolute Gasteiger partial charge is 0.443 e. The van der Waals surface area contributed by atoms with E-state index in [0.717, 1.165) is 0 Å². The number of amides is 2. The first-order valence-corrected chi connectivity index (χ1v) is 11.5. The molecule has 2 saturated heterocycles. The van der Waals surface area contributed by atoms with Crippen LogP contribution in [-0.2, 0) is 28.5 Å². The number of nitrogens with zero attached hydrogens (tertiary/aromatic N) is 5. The molecule has 0 spiro atoms. The number of fused-ring (bicyclic) bond motifs is 2. The third-order valence-corrected chi connectivity index (χ3v) is 5.18. The van der Waals surface area contributed by atoms with Crippen LogP contribution in [-0.4, -0.2) is 73.3 Å². The monoisotopic (exact) mass is 505 g/mol. The molecule has 13 heteroatoms. The van der Waals surface area contributed by atoms with Crippen LogP contribution in [0.3, 0.4) is 0 Å². The minimum atomic E-state index is -0.987. The number of carbonyl (C=O) groups is 3. The Bertz CT molecular complexity index is 1150. The number of imidazole rings is 1. The predicted molar refractivity (Wildman–Crippen MR) is 124 cm³/mol. The summed E-state index contributed by atoms with van der Waals surface area (Å²) in [5.74, 6) is -1.05. The van der Waals surface area contributed by atoms with Crippen molar-refractivity contribution in [1.82, 2.24) is 19.5 Å². The second-order valence-electron chi connectivity index (χ2n) is 11.0. The number of hydrogen-bond acceptors (Lipinski definition) is 11. The van der Waals surface area contributed by atoms with Gasteiger partial charge in [-0.3, -0.25) is 4.57 Å². The number of aldehydes is 1. The molecule has 2 aromatic rings. The maximum atomic E-state index is 13.1. The molecule has 4 atom stereocenters. The van der Waals surface area contributed by atoms with Gasteiger partial charge in [0.1, 0.15) is 35.8 Å². The summed E-state index contributed by atoms with van der Waals surface area (Å²) in [4.78, 5) is 51.3. The fourth-order valence-corrected chi connectivity index (χ4v) is 3.99. The molecular formula is C23H31N5O8. The molecule has 4 rings (SSSR count). The van der Waals surface area contributed by atoms with Crippen LogP contribution in [0, 0.1) is 0 Å². The Balaban J connectivity index is 1.77. The maximum absolute atomic E-state index is 13.1. The van der Waals surface area contributed by atoms with Gasteiger partial charge in [-0.15, -0.1) is 0 Å². The number of hydrogen-bond donors (Lipinski definition) is 0. The molecule has 0 radical (unpaired) electrons. The highest BCUT2D eigenvalue weighted by Gasteiger charge is 2.56. The van der Waals surface area contributed by atoms with E-state index in [4.69, 9.17) is 23.7 Å². The molecule has 0 unspecified atom stereocenters. The highest BCUT2D eigenvalue weighted by Crippen LogP contribution is 2.43. The van der Waals surface area contributed by atoms with Crippen LogP contribution in [0.4, 0.5) is 15.4 Å². The van der Waals surface area contributed by atoms with Gasteiger partial charge in [0.05, 0.1) is 6.33 Å². The van der Waals surface area contributed by atoms with Crippen molar-refractivity contribution in [3.63, 3.8) is 0 Å². The van der Waals surface area contributed by atoms with Gasteiger partial charge in [0, 0.05) is 0 Å². The van der Waals surface area contributed by atoms with Crippen molar-refractivity contribution < 1.29 is 38.1 Å². The van der Waals surface area contributed by atoms with Gasteiger partial charge in [-0.05, 0) is 55.4 Å². The van der Waals surface area contributed by atoms with E-state index in [-0.39, 0.29) is 17.0 Å². The van der Waals surface area contributed by atoms with Crippen LogP contribution < -0.4 is 4.90 Å². The molecule has 0 aromatic carbocycles. The Labute approximate surface area is 208 Å². The van der Waals surface area contributed by atoms with Gasteiger partial charge in [-0.25, -0.2) is 24.5 Å². The Hall–Kier alpha value is -3.16. The fraction of sp³-hybridized carbons (Fsp3) is 0.652. The zero-order valence-corrected chi connectivity index (χ0v) is 21.5. The number of ether oxygens (including phenoxy) is 5. The second kappa shape index (κ2) is 8.75. The van der Waals surface area contributed by atoms with Gasteiger partial charge >= 0.3 is 12.2 Å². The topological polar surface area (TPSA) is 144 Å². The van der Waals surface area contributed by atoms with Crippen molar-refractivity contribution in [2.24, 2.45) is 0 Å². The van der Waals surface area contributed by atoms with Crippen molar-refractivity contribution in [2.45, 2.75) is 96.9 Å². The van der Waals surface area contributed by atoms with Crippen molar-refractivity contribution >= 4 is 35.5 Å². The summed E-state index contributed by atoms with van der Waals surface area (Å²) in [6.45, 7) is 13.5. The molecule has 36 heavy (non-hydrogen) atoms. The fourth-order valence-electron chi connectivity index (χ4n) is 3.99. The molecule has 0 bridgehead atoms. The summed E-state index contributed by atoms with van der Waals surface area (Å²) >= 11 is 0. The van der Waals surface area contributed by atoms with E-state index in [1.165, 1.54) is 12.7 Å². The van der Waals surface area contributed by atoms with Crippen molar-refractivity contribution in [2.75, 3.05) is 4.90 Å². The summed E-state index contributed by atoms with van der Waals surface area (Å²) < 4.78 is 30.2. The smallest absolute Gasteiger partial charge is 0.425 e. The third kappa shape index (κ3) is 5.04. The van der Waals surface area contributed by atoms with Crippen LogP contribution in [0.25, 0.3) is 11.2 Å². The first-order chi connectivity index (χ1) is 16.6. The Morgan fingerprint density at radius 3 is 2.14 bits per heavy atom. The van der Waals surface area contributed by atoms with Crippen LogP contribution >= 0.6 is 0 Å². The summed E-state index contributed by atoms with van der Waals surface area (Å²) in [6.07, 6.45) is -1.64. The van der Waals surface area contributed by atoms with Crippen molar-refractivity contribution in [3.8, 4) is 0 Å². The van der Waals surface area contributed by atoms with E-state index in [1.807, 2.05) is 0 Å². The number of carbonyl (C=O) groups excluding carboxylic acids is 3. The molecule has 2 aromatic heterocycles. The lowest BCUT2D eigenvalue weighted by Gasteiger charge is -2.28. The molecule has 2 amide bonds. The molecule has 2 aliphatic rings. The van der Waals surface area contributed by atoms with Crippen molar-refractivity contribution in [3.05, 3.63) is 12.7 Å². The summed E-state index contributed by atoms with van der Waals surface area (Å²) in [7, 11) is 0. The Morgan fingerprint density at radius 2 is 1.58 bits per heavy atom. The van der Waals surface area contributed by atoms with Gasteiger partial charge in [0.25, 0.3) is 0 Å². The second-order valence-corrected chi connectivity index (χ2v) is 11.0. The van der Waals surface area contributed by atoms with E-state index in [2.05, 4.69) is 15.0 Å². The van der Waals surface area contributed by atoms with Crippen LogP contribution in [0.2, 0.25) is 0 Å². The maximum Gasteiger partial charge on any atom is 0.425 e. The molecular weight excluding hydrogens is 474 g/mol. The van der Waals surface area contributed by atoms with E-state index in [9.17, 15) is 14.4 Å². The third-order valence-electron chi connectivity index (χ3n) is 5.18. The van der Waals surface area contributed by atoms with Gasteiger partial charge < -0.3 is 28.5 Å². The van der Waals surface area contributed by atoms with Gasteiger partial charge in [0.2, 0.25) is 0 Å². The standard InChI is InChI=1S/C23H31N5O8/c1-21(2,3)35-19(30)28(20(31)36-22(4,5)6)17-13-16(24-10-25-17)27(11-26-13)18-15-14(12(9-29)32-18)33-23(7,8)34-15/h9-12,14-15,18H,1-8H3/t12-,14-,15-,18-/m1/s1. The summed E-state index contributed by atoms with van der Waals surface area (Å²) in [5.41, 5.74) is -1.44. The van der Waals surface area contributed by atoms with E-state index in [1.54, 1.807) is 60.0 Å². The zero-order chi connectivity index (χ0) is 26.6. The molecule has 0 saturated carbocycles. The van der Waals surface area contributed by atoms with Crippen LogP contribution in [0.1, 0.15) is 61.6 Å². The van der Waals surface area contributed by atoms with E-state index >= 15 is 0 Å². The van der Waals surface area contributed by atoms with Crippen LogP contribution in [0.5, 0.6) is 0 Å². The molecule has 196 valence electrons. The van der Waals surface area contributed by atoms with Crippen molar-refractivity contribution in [1.29, 1.82) is 0 Å². The molecule has 13 nitrogen and oxygen atoms in total. The Morgan fingerprint density at radius 1 is 1.00 bits per heavy atom. The molecule has 0 aliphatic carbocycles. The number of anilines is 1. The SMILES string of the molecule is CC(C)(C)OC(=O)N(C(=O)OC(C)(C)C)c1ncnc2c1ncn2[C@@H]1O[C@H](C=O)[C@H]2OC(C)(C)O[C@H]21. The molecule has 2 fully saturated rings. The number of rotatable bonds is 3. The lowest BCUT2D eigenvalue weighted by Crippen LogP contribution is -2.44. The Kier molecular flexibility index (Phi) is 6.30.